The molecule has 0 amide bonds. The molecule has 0 aliphatic rings. The molecule has 6 nitrogen and oxygen atoms in total. The Bertz CT molecular complexity index is 1340. The van der Waals surface area contributed by atoms with Crippen LogP contribution >= 0.6 is 0 Å². The number of rotatable bonds is 60. The van der Waals surface area contributed by atoms with E-state index in [2.05, 4.69) is 81.5 Å². The third-order valence-corrected chi connectivity index (χ3v) is 14.5. The van der Waals surface area contributed by atoms with E-state index in [1.165, 1.54) is 193 Å². The lowest BCUT2D eigenvalue weighted by molar-refractivity contribution is -0.167. The summed E-state index contributed by atoms with van der Waals surface area (Å²) < 4.78 is 16.8. The van der Waals surface area contributed by atoms with E-state index in [-0.39, 0.29) is 31.1 Å². The van der Waals surface area contributed by atoms with Crippen molar-refractivity contribution in [3.63, 3.8) is 0 Å². The molecule has 6 heteroatoms. The summed E-state index contributed by atoms with van der Waals surface area (Å²) in [5.74, 6) is -0.888. The van der Waals surface area contributed by atoms with Gasteiger partial charge in [-0.15, -0.1) is 0 Å². The fourth-order valence-electron chi connectivity index (χ4n) is 9.65. The summed E-state index contributed by atoms with van der Waals surface area (Å²) in [5, 5.41) is 0. The highest BCUT2D eigenvalue weighted by Crippen LogP contribution is 2.18. The maximum absolute atomic E-state index is 12.8. The molecule has 0 fully saturated rings. The number of hydrogen-bond donors (Lipinski definition) is 0. The second-order valence-corrected chi connectivity index (χ2v) is 22.0. The van der Waals surface area contributed by atoms with E-state index in [1.807, 2.05) is 0 Å². The van der Waals surface area contributed by atoms with Crippen molar-refractivity contribution in [1.82, 2.24) is 0 Å². The maximum Gasteiger partial charge on any atom is 0.306 e. The predicted molar refractivity (Wildman–Crippen MR) is 325 cm³/mol. The zero-order valence-electron chi connectivity index (χ0n) is 50.1. The Morgan fingerprint density at radius 2 is 0.520 bits per heavy atom. The third-order valence-electron chi connectivity index (χ3n) is 14.5. The molecule has 0 aromatic carbocycles. The van der Waals surface area contributed by atoms with Crippen molar-refractivity contribution in [3.05, 3.63) is 60.8 Å². The molecule has 436 valence electrons. The minimum absolute atomic E-state index is 0.0787. The Kier molecular flexibility index (Phi) is 61.2. The quantitative estimate of drug-likeness (QED) is 0.0261. The van der Waals surface area contributed by atoms with Gasteiger partial charge < -0.3 is 14.2 Å². The molecule has 0 aromatic rings. The molecule has 0 bridgehead atoms. The lowest BCUT2D eigenvalue weighted by Gasteiger charge is -2.18. The summed E-state index contributed by atoms with van der Waals surface area (Å²) in [4.78, 5) is 38.1. The molecule has 75 heavy (non-hydrogen) atoms. The summed E-state index contributed by atoms with van der Waals surface area (Å²) in [6, 6.07) is 0. The molecular weight excluding hydrogens is 925 g/mol. The van der Waals surface area contributed by atoms with E-state index >= 15 is 0 Å². The predicted octanol–water partition coefficient (Wildman–Crippen LogP) is 22.3. The van der Waals surface area contributed by atoms with Crippen LogP contribution in [0.3, 0.4) is 0 Å². The summed E-state index contributed by atoms with van der Waals surface area (Å²) in [5.41, 5.74) is 0. The van der Waals surface area contributed by atoms with Crippen molar-refractivity contribution in [1.29, 1.82) is 0 Å². The van der Waals surface area contributed by atoms with E-state index in [4.69, 9.17) is 14.2 Å². The summed E-state index contributed by atoms with van der Waals surface area (Å²) in [6.07, 6.45) is 81.3. The smallest absolute Gasteiger partial charge is 0.306 e. The second-order valence-electron chi connectivity index (χ2n) is 22.0. The fourth-order valence-corrected chi connectivity index (χ4v) is 9.65. The highest BCUT2D eigenvalue weighted by Gasteiger charge is 2.19. The first kappa shape index (κ1) is 72.1. The van der Waals surface area contributed by atoms with E-state index in [9.17, 15) is 14.4 Å². The Morgan fingerprint density at radius 1 is 0.280 bits per heavy atom. The number of ether oxygens (including phenoxy) is 3. The molecule has 0 spiro atoms. The van der Waals surface area contributed by atoms with Crippen LogP contribution in [0.5, 0.6) is 0 Å². The fraction of sp³-hybridized carbons (Fsp3) is 0.812. The van der Waals surface area contributed by atoms with E-state index in [0.29, 0.717) is 19.3 Å². The highest BCUT2D eigenvalue weighted by molar-refractivity contribution is 5.71. The van der Waals surface area contributed by atoms with E-state index in [0.717, 1.165) is 109 Å². The Labute approximate surface area is 466 Å². The zero-order valence-corrected chi connectivity index (χ0v) is 50.1. The first-order valence-corrected chi connectivity index (χ1v) is 32.8. The standard InChI is InChI=1S/C69H124O6/c1-4-7-10-13-16-18-20-22-24-26-28-30-31-32-33-34-35-36-37-39-40-42-44-46-48-50-53-56-59-62-68(71)74-65-66(64-73-67(70)61-58-55-52-15-12-9-6-3)75-69(72)63-60-57-54-51-49-47-45-43-41-38-29-27-25-23-21-19-17-14-11-8-5-2/h8,11,17,19,23,25,29,38,43,45,66H,4-7,9-10,12-16,18,20-22,24,26-28,30-37,39-42,44,46-65H2,1-3H3/b11-8-,19-17-,25-23-,38-29-,45-43-. The van der Waals surface area contributed by atoms with Gasteiger partial charge in [-0.3, -0.25) is 14.4 Å². The van der Waals surface area contributed by atoms with Crippen LogP contribution < -0.4 is 0 Å². The van der Waals surface area contributed by atoms with E-state index in [1.54, 1.807) is 0 Å². The van der Waals surface area contributed by atoms with Crippen molar-refractivity contribution in [2.75, 3.05) is 13.2 Å². The molecule has 0 saturated carbocycles. The van der Waals surface area contributed by atoms with Crippen molar-refractivity contribution >= 4 is 17.9 Å². The van der Waals surface area contributed by atoms with Gasteiger partial charge in [0.05, 0.1) is 0 Å². The molecule has 1 atom stereocenters. The highest BCUT2D eigenvalue weighted by atomic mass is 16.6. The molecule has 0 saturated heterocycles. The van der Waals surface area contributed by atoms with Gasteiger partial charge in [0.2, 0.25) is 0 Å². The number of carbonyl (C=O) groups excluding carboxylic acids is 3. The third kappa shape index (κ3) is 61.8. The molecule has 0 aliphatic heterocycles. The number of esters is 3. The van der Waals surface area contributed by atoms with Crippen LogP contribution in [0.25, 0.3) is 0 Å². The van der Waals surface area contributed by atoms with Gasteiger partial charge in [0.25, 0.3) is 0 Å². The topological polar surface area (TPSA) is 78.9 Å². The monoisotopic (exact) mass is 1050 g/mol. The summed E-state index contributed by atoms with van der Waals surface area (Å²) in [7, 11) is 0. The van der Waals surface area contributed by atoms with Crippen molar-refractivity contribution in [3.8, 4) is 0 Å². The van der Waals surface area contributed by atoms with Gasteiger partial charge in [-0.25, -0.2) is 0 Å². The Morgan fingerprint density at radius 3 is 0.813 bits per heavy atom. The zero-order chi connectivity index (χ0) is 54.3. The van der Waals surface area contributed by atoms with Gasteiger partial charge in [0, 0.05) is 19.3 Å². The van der Waals surface area contributed by atoms with Gasteiger partial charge in [-0.1, -0.05) is 319 Å². The molecule has 0 aliphatic carbocycles. The van der Waals surface area contributed by atoms with Crippen LogP contribution in [0.4, 0.5) is 0 Å². The summed E-state index contributed by atoms with van der Waals surface area (Å²) >= 11 is 0. The lowest BCUT2D eigenvalue weighted by atomic mass is 10.0. The molecule has 0 N–H and O–H groups in total. The van der Waals surface area contributed by atoms with Gasteiger partial charge in [0.15, 0.2) is 6.10 Å². The molecule has 0 rings (SSSR count). The molecule has 0 radical (unpaired) electrons. The van der Waals surface area contributed by atoms with Crippen LogP contribution in [0.1, 0.15) is 342 Å². The van der Waals surface area contributed by atoms with Gasteiger partial charge in [-0.2, -0.15) is 0 Å². The Hall–Kier alpha value is -2.89. The van der Waals surface area contributed by atoms with Crippen LogP contribution in [0.2, 0.25) is 0 Å². The second kappa shape index (κ2) is 63.6. The summed E-state index contributed by atoms with van der Waals surface area (Å²) in [6.45, 7) is 6.51. The van der Waals surface area contributed by atoms with Gasteiger partial charge in [0.1, 0.15) is 13.2 Å². The molecule has 0 heterocycles. The van der Waals surface area contributed by atoms with Crippen molar-refractivity contribution < 1.29 is 28.6 Å². The minimum atomic E-state index is -0.781. The average molecular weight is 1050 g/mol. The average Bonchev–Trinajstić information content (AvgIpc) is 3.41. The Balaban J connectivity index is 4.07. The van der Waals surface area contributed by atoms with Crippen LogP contribution in [-0.2, 0) is 28.6 Å². The number of allylic oxidation sites excluding steroid dienone is 10. The van der Waals surface area contributed by atoms with Crippen molar-refractivity contribution in [2.45, 2.75) is 348 Å². The number of hydrogen-bond acceptors (Lipinski definition) is 6. The van der Waals surface area contributed by atoms with Crippen LogP contribution in [-0.4, -0.2) is 37.2 Å². The van der Waals surface area contributed by atoms with Crippen LogP contribution in [0, 0.1) is 0 Å². The normalized spacial score (nSPS) is 12.4. The molecule has 0 aromatic heterocycles. The molecule has 1 unspecified atom stereocenters. The maximum atomic E-state index is 12.8. The van der Waals surface area contributed by atoms with Gasteiger partial charge in [-0.05, 0) is 64.2 Å². The van der Waals surface area contributed by atoms with E-state index < -0.39 is 6.10 Å². The largest absolute Gasteiger partial charge is 0.462 e. The van der Waals surface area contributed by atoms with Crippen LogP contribution in [0.15, 0.2) is 60.8 Å². The SMILES string of the molecule is CC/C=C\C/C=C\C/C=C\C/C=C\C/C=C\CCCCCCCC(=O)OC(COC(=O)CCCCCCCCC)COC(=O)CCCCCCCCCCCCCCCCCCCCCCCCCCCCCCC. The minimum Gasteiger partial charge on any atom is -0.462 e. The van der Waals surface area contributed by atoms with Crippen molar-refractivity contribution in [2.24, 2.45) is 0 Å². The first-order chi connectivity index (χ1) is 37.0. The van der Waals surface area contributed by atoms with Gasteiger partial charge >= 0.3 is 17.9 Å². The first-order valence-electron chi connectivity index (χ1n) is 32.8. The molecular formula is C69H124O6. The number of unbranched alkanes of at least 4 members (excludes halogenated alkanes) is 39. The number of carbonyl (C=O) groups is 3. The lowest BCUT2D eigenvalue weighted by Crippen LogP contribution is -2.30.